The fraction of sp³-hybridized carbons (Fsp3) is 0.524. The number of hydrogen-bond acceptors (Lipinski definition) is 4. The van der Waals surface area contributed by atoms with Crippen molar-refractivity contribution in [3.05, 3.63) is 48.2 Å². The highest BCUT2D eigenvalue weighted by Gasteiger charge is 2.31. The molecule has 0 fully saturated rings. The Labute approximate surface area is 156 Å². The van der Waals surface area contributed by atoms with Crippen molar-refractivity contribution >= 4 is 11.9 Å². The number of nitrogens with one attached hydrogen (secondary N) is 1. The number of carbonyl (C=O) groups is 2. The van der Waals surface area contributed by atoms with Gasteiger partial charge in [-0.1, -0.05) is 57.5 Å². The summed E-state index contributed by atoms with van der Waals surface area (Å²) >= 11 is 0. The zero-order valence-electron chi connectivity index (χ0n) is 16.0. The highest BCUT2D eigenvalue weighted by Crippen LogP contribution is 2.24. The number of amides is 1. The summed E-state index contributed by atoms with van der Waals surface area (Å²) in [4.78, 5) is 26.3. The van der Waals surface area contributed by atoms with Crippen LogP contribution in [0.1, 0.15) is 52.0 Å². The number of hydrogen-bond donors (Lipinski definition) is 1. The second kappa shape index (κ2) is 10.00. The largest absolute Gasteiger partial charge is 0.445 e. The van der Waals surface area contributed by atoms with Crippen LogP contribution >= 0.6 is 0 Å². The van der Waals surface area contributed by atoms with Gasteiger partial charge in [-0.15, -0.1) is 0 Å². The molecule has 0 aliphatic carbocycles. The van der Waals surface area contributed by atoms with Crippen molar-refractivity contribution in [1.29, 1.82) is 0 Å². The van der Waals surface area contributed by atoms with Crippen molar-refractivity contribution in [2.75, 3.05) is 0 Å². The maximum atomic E-state index is 12.4. The summed E-state index contributed by atoms with van der Waals surface area (Å²) in [5.41, 5.74) is 0.954. The summed E-state index contributed by atoms with van der Waals surface area (Å²) in [5, 5.41) is 3.01. The normalized spacial score (nSPS) is 19.1. The van der Waals surface area contributed by atoms with Gasteiger partial charge in [-0.3, -0.25) is 4.79 Å². The van der Waals surface area contributed by atoms with Crippen LogP contribution in [0.2, 0.25) is 0 Å². The number of carbonyl (C=O) groups excluding carboxylic acids is 2. The number of benzene rings is 1. The lowest BCUT2D eigenvalue weighted by atomic mass is 9.96. The van der Waals surface area contributed by atoms with Gasteiger partial charge in [0.25, 0.3) is 0 Å². The van der Waals surface area contributed by atoms with Gasteiger partial charge < -0.3 is 15.0 Å². The molecule has 0 aromatic heterocycles. The van der Waals surface area contributed by atoms with E-state index in [1.165, 1.54) is 0 Å². The lowest BCUT2D eigenvalue weighted by Gasteiger charge is -2.41. The van der Waals surface area contributed by atoms with Gasteiger partial charge in [-0.2, -0.15) is 0 Å². The Morgan fingerprint density at radius 3 is 2.69 bits per heavy atom. The quantitative estimate of drug-likeness (QED) is 0.755. The molecule has 5 heteroatoms. The van der Waals surface area contributed by atoms with Gasteiger partial charge in [0.1, 0.15) is 12.8 Å². The van der Waals surface area contributed by atoms with E-state index in [0.29, 0.717) is 6.42 Å². The molecule has 1 aliphatic rings. The average Bonchev–Trinajstić information content (AvgIpc) is 2.65. The minimum atomic E-state index is -0.431. The van der Waals surface area contributed by atoms with E-state index in [9.17, 15) is 9.59 Å². The standard InChI is InChI=1S/C21H30N2O3/c1-4-9-18-14-19(24)12-13-23(18)20(16(3)5-2)22-21(25)26-15-17-10-7-6-8-11-17/h6-8,10-13,16,18,20H,4-5,9,14-15H2,1-3H3,(H,22,25)/t16?,18-,20-/m0/s1. The molecule has 5 nitrogen and oxygen atoms in total. The van der Waals surface area contributed by atoms with Gasteiger partial charge >= 0.3 is 6.09 Å². The predicted octanol–water partition coefficient (Wildman–Crippen LogP) is 4.24. The molecule has 0 radical (unpaired) electrons. The highest BCUT2D eigenvalue weighted by atomic mass is 16.5. The van der Waals surface area contributed by atoms with Crippen LogP contribution in [0.4, 0.5) is 4.79 Å². The summed E-state index contributed by atoms with van der Waals surface area (Å²) in [6, 6.07) is 9.74. The van der Waals surface area contributed by atoms with Crippen molar-refractivity contribution in [2.24, 2.45) is 5.92 Å². The molecule has 1 aromatic carbocycles. The fourth-order valence-electron chi connectivity index (χ4n) is 3.22. The lowest BCUT2D eigenvalue weighted by molar-refractivity contribution is -0.116. The van der Waals surface area contributed by atoms with Crippen LogP contribution in [0.15, 0.2) is 42.6 Å². The van der Waals surface area contributed by atoms with E-state index in [-0.39, 0.29) is 30.5 Å². The summed E-state index contributed by atoms with van der Waals surface area (Å²) in [7, 11) is 0. The van der Waals surface area contributed by atoms with E-state index in [4.69, 9.17) is 4.74 Å². The molecule has 1 heterocycles. The molecular formula is C21H30N2O3. The molecule has 0 bridgehead atoms. The van der Waals surface area contributed by atoms with Gasteiger partial charge in [-0.05, 0) is 30.4 Å². The van der Waals surface area contributed by atoms with Crippen molar-refractivity contribution in [1.82, 2.24) is 10.2 Å². The average molecular weight is 358 g/mol. The number of alkyl carbamates (subject to hydrolysis) is 1. The van der Waals surface area contributed by atoms with Crippen LogP contribution in [0, 0.1) is 5.92 Å². The third kappa shape index (κ3) is 5.61. The highest BCUT2D eigenvalue weighted by molar-refractivity contribution is 5.90. The Balaban J connectivity index is 2.04. The van der Waals surface area contributed by atoms with Gasteiger partial charge in [0.15, 0.2) is 5.78 Å². The molecule has 1 amide bonds. The van der Waals surface area contributed by atoms with Crippen LogP contribution in [0.5, 0.6) is 0 Å². The van der Waals surface area contributed by atoms with Crippen molar-refractivity contribution in [2.45, 2.75) is 65.3 Å². The topological polar surface area (TPSA) is 58.6 Å². The molecule has 1 N–H and O–H groups in total. The van der Waals surface area contributed by atoms with Crippen LogP contribution in [0.3, 0.4) is 0 Å². The molecule has 26 heavy (non-hydrogen) atoms. The molecule has 0 spiro atoms. The maximum Gasteiger partial charge on any atom is 0.409 e. The van der Waals surface area contributed by atoms with Crippen molar-refractivity contribution < 1.29 is 14.3 Å². The molecule has 2 rings (SSSR count). The van der Waals surface area contributed by atoms with Gasteiger partial charge in [0.05, 0.1) is 0 Å². The number of nitrogens with zero attached hydrogens (tertiary/aromatic N) is 1. The number of allylic oxidation sites excluding steroid dienone is 1. The minimum absolute atomic E-state index is 0.117. The first-order chi connectivity index (χ1) is 12.5. The Bertz CT molecular complexity index is 615. The first kappa shape index (κ1) is 20.0. The zero-order chi connectivity index (χ0) is 18.9. The number of ketones is 1. The first-order valence-electron chi connectivity index (χ1n) is 9.50. The second-order valence-corrected chi connectivity index (χ2v) is 6.91. The SMILES string of the molecule is CCC[C@H]1CC(=O)C=CN1[C@H](NC(=O)OCc1ccccc1)C(C)CC. The van der Waals surface area contributed by atoms with Gasteiger partial charge in [-0.25, -0.2) is 4.79 Å². The number of rotatable bonds is 8. The van der Waals surface area contributed by atoms with Gasteiger partial charge in [0.2, 0.25) is 0 Å². The van der Waals surface area contributed by atoms with E-state index < -0.39 is 6.09 Å². The summed E-state index contributed by atoms with van der Waals surface area (Å²) in [6.07, 6.45) is 6.15. The molecule has 3 atom stereocenters. The summed E-state index contributed by atoms with van der Waals surface area (Å²) in [6.45, 7) is 6.56. The lowest BCUT2D eigenvalue weighted by Crippen LogP contribution is -2.54. The molecular weight excluding hydrogens is 328 g/mol. The Morgan fingerprint density at radius 1 is 1.31 bits per heavy atom. The van der Waals surface area contributed by atoms with E-state index in [0.717, 1.165) is 24.8 Å². The summed E-state index contributed by atoms with van der Waals surface area (Å²) in [5.74, 6) is 0.380. The smallest absolute Gasteiger partial charge is 0.409 e. The third-order valence-electron chi connectivity index (χ3n) is 4.90. The van der Waals surface area contributed by atoms with E-state index >= 15 is 0 Å². The van der Waals surface area contributed by atoms with Crippen LogP contribution < -0.4 is 5.32 Å². The van der Waals surface area contributed by atoms with E-state index in [2.05, 4.69) is 31.0 Å². The van der Waals surface area contributed by atoms with Crippen LogP contribution in [0.25, 0.3) is 0 Å². The Hall–Kier alpha value is -2.30. The van der Waals surface area contributed by atoms with Crippen LogP contribution in [-0.2, 0) is 16.1 Å². The molecule has 1 unspecified atom stereocenters. The molecule has 142 valence electrons. The molecule has 1 aliphatic heterocycles. The zero-order valence-corrected chi connectivity index (χ0v) is 16.0. The van der Waals surface area contributed by atoms with Crippen molar-refractivity contribution in [3.63, 3.8) is 0 Å². The fourth-order valence-corrected chi connectivity index (χ4v) is 3.22. The Morgan fingerprint density at radius 2 is 2.04 bits per heavy atom. The molecule has 1 aromatic rings. The Kier molecular flexibility index (Phi) is 7.70. The van der Waals surface area contributed by atoms with Crippen molar-refractivity contribution in [3.8, 4) is 0 Å². The monoisotopic (exact) mass is 358 g/mol. The number of ether oxygens (including phenoxy) is 1. The first-order valence-corrected chi connectivity index (χ1v) is 9.50. The minimum Gasteiger partial charge on any atom is -0.445 e. The maximum absolute atomic E-state index is 12.4. The predicted molar refractivity (Wildman–Crippen MR) is 102 cm³/mol. The molecule has 0 saturated carbocycles. The van der Waals surface area contributed by atoms with E-state index in [1.54, 1.807) is 6.08 Å². The van der Waals surface area contributed by atoms with Gasteiger partial charge in [0, 0.05) is 18.7 Å². The molecule has 0 saturated heterocycles. The van der Waals surface area contributed by atoms with E-state index in [1.807, 2.05) is 36.5 Å². The second-order valence-electron chi connectivity index (χ2n) is 6.91. The van der Waals surface area contributed by atoms with Crippen LogP contribution in [-0.4, -0.2) is 29.0 Å². The third-order valence-corrected chi connectivity index (χ3v) is 4.90. The summed E-state index contributed by atoms with van der Waals surface area (Å²) < 4.78 is 5.39.